The Morgan fingerprint density at radius 1 is 0.884 bits per heavy atom. The van der Waals surface area contributed by atoms with Crippen molar-refractivity contribution in [1.82, 2.24) is 5.32 Å². The van der Waals surface area contributed by atoms with E-state index in [4.69, 9.17) is 13.6 Å². The number of methoxy groups -OCH3 is 1. The lowest BCUT2D eigenvalue weighted by Crippen LogP contribution is -2.25. The first kappa shape index (κ1) is 28.0. The van der Waals surface area contributed by atoms with Gasteiger partial charge in [0.1, 0.15) is 34.3 Å². The van der Waals surface area contributed by atoms with Gasteiger partial charge in [0.25, 0.3) is 5.91 Å². The van der Waals surface area contributed by atoms with Crippen molar-refractivity contribution in [3.8, 4) is 39.5 Å². The quantitative estimate of drug-likeness (QED) is 0.211. The predicted octanol–water partition coefficient (Wildman–Crippen LogP) is 7.08. The van der Waals surface area contributed by atoms with E-state index in [2.05, 4.69) is 5.32 Å². The number of rotatable bonds is 7. The number of nitrogens with one attached hydrogen (secondary N) is 1. The molecule has 0 unspecified atom stereocenters. The fourth-order valence-electron chi connectivity index (χ4n) is 5.14. The maximum atomic E-state index is 13.7. The molecule has 8 nitrogen and oxygen atoms in total. The number of fused-ring (bicyclic) bond motifs is 2. The molecule has 0 bridgehead atoms. The molecule has 6 rings (SSSR count). The van der Waals surface area contributed by atoms with Gasteiger partial charge in [0.2, 0.25) is 10.0 Å². The third-order valence-electron chi connectivity index (χ3n) is 7.41. The minimum Gasteiger partial charge on any atom is -0.496 e. The van der Waals surface area contributed by atoms with E-state index in [9.17, 15) is 17.6 Å². The van der Waals surface area contributed by atoms with Crippen molar-refractivity contribution >= 4 is 43.6 Å². The zero-order valence-electron chi connectivity index (χ0n) is 23.8. The predicted molar refractivity (Wildman–Crippen MR) is 165 cm³/mol. The second-order valence-electron chi connectivity index (χ2n) is 10.1. The lowest BCUT2D eigenvalue weighted by Gasteiger charge is -2.21. The second-order valence-corrected chi connectivity index (χ2v) is 12.1. The first-order valence-electron chi connectivity index (χ1n) is 13.3. The molecule has 218 valence electrons. The number of carbonyl (C=O) groups is 1. The Kier molecular flexibility index (Phi) is 6.94. The number of nitrogens with zero attached hydrogens (tertiary/aromatic N) is 1. The van der Waals surface area contributed by atoms with Crippen molar-refractivity contribution in [1.29, 1.82) is 0 Å². The van der Waals surface area contributed by atoms with E-state index >= 15 is 0 Å². The molecule has 10 heteroatoms. The second kappa shape index (κ2) is 10.6. The third-order valence-corrected chi connectivity index (χ3v) is 8.60. The van der Waals surface area contributed by atoms with Crippen molar-refractivity contribution < 1.29 is 31.2 Å². The van der Waals surface area contributed by atoms with Gasteiger partial charge in [-0.3, -0.25) is 9.10 Å². The zero-order valence-corrected chi connectivity index (χ0v) is 24.6. The number of amides is 1. The van der Waals surface area contributed by atoms with Crippen LogP contribution in [0.4, 0.5) is 10.1 Å². The Hall–Kier alpha value is -5.09. The summed E-state index contributed by atoms with van der Waals surface area (Å²) < 4.78 is 58.4. The maximum absolute atomic E-state index is 13.7. The number of ether oxygens (including phenoxy) is 1. The van der Waals surface area contributed by atoms with Crippen LogP contribution in [-0.2, 0) is 10.0 Å². The Morgan fingerprint density at radius 3 is 2.28 bits per heavy atom. The monoisotopic (exact) mass is 598 g/mol. The number of halogens is 1. The van der Waals surface area contributed by atoms with Gasteiger partial charge >= 0.3 is 0 Å². The van der Waals surface area contributed by atoms with Crippen LogP contribution in [0.1, 0.15) is 10.4 Å². The molecular weight excluding hydrogens is 571 g/mol. The van der Waals surface area contributed by atoms with Crippen LogP contribution >= 0.6 is 0 Å². The number of hydrogen-bond donors (Lipinski definition) is 1. The van der Waals surface area contributed by atoms with Crippen LogP contribution in [-0.4, -0.2) is 41.8 Å². The van der Waals surface area contributed by atoms with E-state index in [0.717, 1.165) is 15.9 Å². The number of benzene rings is 4. The van der Waals surface area contributed by atoms with Gasteiger partial charge in [-0.25, -0.2) is 12.8 Å². The van der Waals surface area contributed by atoms with E-state index in [1.807, 2.05) is 42.5 Å². The maximum Gasteiger partial charge on any atom is 0.255 e. The number of hydrogen-bond acceptors (Lipinski definition) is 6. The van der Waals surface area contributed by atoms with Gasteiger partial charge in [0.15, 0.2) is 0 Å². The minimum absolute atomic E-state index is 0.233. The van der Waals surface area contributed by atoms with Gasteiger partial charge in [-0.2, -0.15) is 0 Å². The topological polar surface area (TPSA) is 102 Å². The minimum atomic E-state index is -3.70. The van der Waals surface area contributed by atoms with Gasteiger partial charge in [0.05, 0.1) is 30.2 Å². The van der Waals surface area contributed by atoms with E-state index in [1.54, 1.807) is 25.3 Å². The van der Waals surface area contributed by atoms with E-state index in [1.165, 1.54) is 38.4 Å². The molecule has 0 aliphatic rings. The summed E-state index contributed by atoms with van der Waals surface area (Å²) in [4.78, 5) is 13.2. The molecule has 1 N–H and O–H groups in total. The molecule has 0 aliphatic carbocycles. The summed E-state index contributed by atoms with van der Waals surface area (Å²) in [6, 6.07) is 23.9. The fourth-order valence-corrected chi connectivity index (χ4v) is 5.65. The van der Waals surface area contributed by atoms with E-state index in [-0.39, 0.29) is 16.9 Å². The molecule has 0 saturated heterocycles. The van der Waals surface area contributed by atoms with Crippen LogP contribution in [0.2, 0.25) is 0 Å². The molecule has 0 radical (unpaired) electrons. The van der Waals surface area contributed by atoms with Gasteiger partial charge in [-0.1, -0.05) is 24.3 Å². The number of anilines is 1. The number of furan rings is 2. The number of carbonyl (C=O) groups excluding carboxylic acids is 1. The van der Waals surface area contributed by atoms with E-state index in [0.29, 0.717) is 50.4 Å². The van der Waals surface area contributed by atoms with Crippen LogP contribution < -0.4 is 14.4 Å². The molecule has 0 aliphatic heterocycles. The molecule has 0 atom stereocenters. The lowest BCUT2D eigenvalue weighted by atomic mass is 9.96. The van der Waals surface area contributed by atoms with Crippen molar-refractivity contribution in [3.05, 3.63) is 96.3 Å². The number of para-hydroxylation sites is 1. The molecule has 43 heavy (non-hydrogen) atoms. The van der Waals surface area contributed by atoms with Gasteiger partial charge in [0, 0.05) is 42.1 Å². The fraction of sp³-hybridized carbons (Fsp3) is 0.121. The molecule has 4 aromatic carbocycles. The smallest absolute Gasteiger partial charge is 0.255 e. The zero-order chi connectivity index (χ0) is 30.5. The van der Waals surface area contributed by atoms with Crippen molar-refractivity contribution in [2.75, 3.05) is 31.8 Å². The van der Waals surface area contributed by atoms with Gasteiger partial charge < -0.3 is 18.9 Å². The number of sulfonamides is 1. The first-order chi connectivity index (χ1) is 20.6. The summed E-state index contributed by atoms with van der Waals surface area (Å²) in [5, 5.41) is 4.03. The Morgan fingerprint density at radius 2 is 1.60 bits per heavy atom. The molecule has 2 heterocycles. The highest BCUT2D eigenvalue weighted by Crippen LogP contribution is 2.44. The van der Waals surface area contributed by atoms with Crippen LogP contribution in [0.25, 0.3) is 55.7 Å². The van der Waals surface area contributed by atoms with Gasteiger partial charge in [-0.05, 0) is 60.2 Å². The lowest BCUT2D eigenvalue weighted by molar-refractivity contribution is 0.0964. The molecule has 0 spiro atoms. The van der Waals surface area contributed by atoms with Crippen molar-refractivity contribution in [3.63, 3.8) is 0 Å². The highest BCUT2D eigenvalue weighted by atomic mass is 32.2. The summed E-state index contributed by atoms with van der Waals surface area (Å²) in [5.41, 5.74) is 3.91. The van der Waals surface area contributed by atoms with Crippen LogP contribution in [0.15, 0.2) is 93.8 Å². The average Bonchev–Trinajstić information content (AvgIpc) is 3.61. The average molecular weight is 599 g/mol. The summed E-state index contributed by atoms with van der Waals surface area (Å²) in [7, 11) is 0.819. The van der Waals surface area contributed by atoms with Crippen LogP contribution in [0.5, 0.6) is 5.75 Å². The van der Waals surface area contributed by atoms with E-state index < -0.39 is 21.7 Å². The largest absolute Gasteiger partial charge is 0.496 e. The summed E-state index contributed by atoms with van der Waals surface area (Å²) >= 11 is 0. The van der Waals surface area contributed by atoms with Crippen molar-refractivity contribution in [2.24, 2.45) is 0 Å². The Bertz CT molecular complexity index is 2100. The SMILES string of the molecule is CNC(=O)c1c(-c2ccc(F)cc2)oc2cc(N(C)S(C)(=O)=O)c(-c3ccc(OC)c(-c4cc5ccccc5o4)c3)cc12. The highest BCUT2D eigenvalue weighted by molar-refractivity contribution is 7.92. The Balaban J connectivity index is 1.64. The van der Waals surface area contributed by atoms with Crippen LogP contribution in [0.3, 0.4) is 0 Å². The van der Waals surface area contributed by atoms with Crippen molar-refractivity contribution in [2.45, 2.75) is 0 Å². The molecule has 1 amide bonds. The first-order valence-corrected chi connectivity index (χ1v) is 15.1. The normalized spacial score (nSPS) is 11.7. The van der Waals surface area contributed by atoms with Gasteiger partial charge in [-0.15, -0.1) is 0 Å². The summed E-state index contributed by atoms with van der Waals surface area (Å²) in [6.07, 6.45) is 1.11. The molecule has 0 saturated carbocycles. The standard InChI is InChI=1S/C33H27FN2O6S/c1-35-33(37)31-25-17-23(20-11-14-28(40-3)24(15-20)29-16-21-7-5-6-8-27(21)41-29)26(36(2)43(4,38)39)18-30(25)42-32(31)19-9-12-22(34)13-10-19/h5-18H,1-4H3,(H,35,37). The molecule has 6 aromatic rings. The molecule has 2 aromatic heterocycles. The molecule has 0 fully saturated rings. The summed E-state index contributed by atoms with van der Waals surface area (Å²) in [6.45, 7) is 0. The third kappa shape index (κ3) is 4.99. The summed E-state index contributed by atoms with van der Waals surface area (Å²) in [5.74, 6) is 0.533. The van der Waals surface area contributed by atoms with Crippen LogP contribution in [0, 0.1) is 5.82 Å². The Labute approximate surface area is 247 Å². The molecular formula is C33H27FN2O6S. The highest BCUT2D eigenvalue weighted by Gasteiger charge is 2.26.